The first-order valence-corrected chi connectivity index (χ1v) is 9.86. The van der Waals surface area contributed by atoms with Crippen LogP contribution in [0.15, 0.2) is 47.4 Å². The van der Waals surface area contributed by atoms with Gasteiger partial charge in [0.15, 0.2) is 11.9 Å². The molecule has 0 aliphatic carbocycles. The summed E-state index contributed by atoms with van der Waals surface area (Å²) in [5.41, 5.74) is 0.783. The molecule has 1 unspecified atom stereocenters. The average Bonchev–Trinajstić information content (AvgIpc) is 2.61. The molecule has 0 heterocycles. The van der Waals surface area contributed by atoms with E-state index in [9.17, 15) is 22.8 Å². The lowest BCUT2D eigenvalue weighted by Crippen LogP contribution is -2.30. The molecule has 0 bridgehead atoms. The molecule has 28 heavy (non-hydrogen) atoms. The van der Waals surface area contributed by atoms with Crippen LogP contribution >= 0.6 is 11.6 Å². The zero-order valence-corrected chi connectivity index (χ0v) is 16.5. The molecular weight excluding hydrogens is 408 g/mol. The standard InChI is InChI=1S/C18H17ClN2O6S/c1-10(22)12-3-6-14(7-4-12)21-17(23)11(2)27-18(24)13-5-8-15(19)16(9-13)28(20,25)26/h3-9,11H,1-2H3,(H,21,23)(H2,20,25,26). The second kappa shape index (κ2) is 8.51. The van der Waals surface area contributed by atoms with Gasteiger partial charge in [-0.15, -0.1) is 0 Å². The van der Waals surface area contributed by atoms with Crippen molar-refractivity contribution in [3.63, 3.8) is 0 Å². The van der Waals surface area contributed by atoms with Crippen LogP contribution in [-0.4, -0.2) is 32.2 Å². The quantitative estimate of drug-likeness (QED) is 0.540. The first kappa shape index (κ1) is 21.5. The third kappa shape index (κ3) is 5.38. The number of rotatable bonds is 6. The highest BCUT2D eigenvalue weighted by molar-refractivity contribution is 7.89. The van der Waals surface area contributed by atoms with Crippen LogP contribution in [0.5, 0.6) is 0 Å². The van der Waals surface area contributed by atoms with Crippen LogP contribution in [0, 0.1) is 0 Å². The molecule has 10 heteroatoms. The van der Waals surface area contributed by atoms with Gasteiger partial charge in [-0.3, -0.25) is 9.59 Å². The Balaban J connectivity index is 2.07. The van der Waals surface area contributed by atoms with Crippen LogP contribution < -0.4 is 10.5 Å². The number of carbonyl (C=O) groups is 3. The van der Waals surface area contributed by atoms with Crippen LogP contribution in [0.1, 0.15) is 34.6 Å². The average molecular weight is 425 g/mol. The van der Waals surface area contributed by atoms with Crippen LogP contribution in [-0.2, 0) is 19.6 Å². The largest absolute Gasteiger partial charge is 0.449 e. The molecule has 0 fully saturated rings. The number of ketones is 1. The summed E-state index contributed by atoms with van der Waals surface area (Å²) in [7, 11) is -4.13. The number of ether oxygens (including phenoxy) is 1. The number of anilines is 1. The van der Waals surface area contributed by atoms with Crippen molar-refractivity contribution in [2.75, 3.05) is 5.32 Å². The summed E-state index contributed by atoms with van der Waals surface area (Å²) in [5, 5.41) is 7.45. The minimum absolute atomic E-state index is 0.109. The Kier molecular flexibility index (Phi) is 6.55. The smallest absolute Gasteiger partial charge is 0.338 e. The van der Waals surface area contributed by atoms with E-state index < -0.39 is 32.9 Å². The van der Waals surface area contributed by atoms with E-state index in [0.717, 1.165) is 6.07 Å². The number of nitrogens with two attached hydrogens (primary N) is 1. The van der Waals surface area contributed by atoms with Gasteiger partial charge >= 0.3 is 5.97 Å². The highest BCUT2D eigenvalue weighted by Crippen LogP contribution is 2.22. The number of nitrogens with one attached hydrogen (secondary N) is 1. The molecule has 0 radical (unpaired) electrons. The van der Waals surface area contributed by atoms with Gasteiger partial charge in [-0.05, 0) is 56.3 Å². The summed E-state index contributed by atoms with van der Waals surface area (Å²) in [5.74, 6) is -1.64. The minimum atomic E-state index is -4.13. The lowest BCUT2D eigenvalue weighted by atomic mass is 10.1. The second-order valence-electron chi connectivity index (χ2n) is 5.86. The van der Waals surface area contributed by atoms with Crippen LogP contribution in [0.3, 0.4) is 0 Å². The molecule has 1 atom stereocenters. The van der Waals surface area contributed by atoms with E-state index in [1.165, 1.54) is 26.0 Å². The summed E-state index contributed by atoms with van der Waals surface area (Å²) in [6.07, 6.45) is -1.17. The van der Waals surface area contributed by atoms with E-state index >= 15 is 0 Å². The molecule has 148 valence electrons. The Hall–Kier alpha value is -2.75. The number of halogens is 1. The summed E-state index contributed by atoms with van der Waals surface area (Å²) in [6.45, 7) is 2.78. The number of carbonyl (C=O) groups excluding carboxylic acids is 3. The first-order valence-electron chi connectivity index (χ1n) is 7.94. The zero-order chi connectivity index (χ0) is 21.1. The highest BCUT2D eigenvalue weighted by atomic mass is 35.5. The van der Waals surface area contributed by atoms with Gasteiger partial charge < -0.3 is 10.1 Å². The van der Waals surface area contributed by atoms with Crippen molar-refractivity contribution < 1.29 is 27.5 Å². The minimum Gasteiger partial charge on any atom is -0.449 e. The van der Waals surface area contributed by atoms with Crippen molar-refractivity contribution >= 4 is 45.0 Å². The monoisotopic (exact) mass is 424 g/mol. The fraction of sp³-hybridized carbons (Fsp3) is 0.167. The molecule has 8 nitrogen and oxygen atoms in total. The summed E-state index contributed by atoms with van der Waals surface area (Å²) < 4.78 is 28.0. The van der Waals surface area contributed by atoms with Crippen LogP contribution in [0.4, 0.5) is 5.69 Å². The van der Waals surface area contributed by atoms with E-state index in [2.05, 4.69) is 5.32 Å². The molecule has 1 amide bonds. The Morgan fingerprint density at radius 3 is 2.18 bits per heavy atom. The predicted molar refractivity (Wildman–Crippen MR) is 103 cm³/mol. The van der Waals surface area contributed by atoms with Crippen LogP contribution in [0.25, 0.3) is 0 Å². The van der Waals surface area contributed by atoms with Gasteiger partial charge in [-0.1, -0.05) is 11.6 Å². The Bertz CT molecular complexity index is 1030. The molecule has 3 N–H and O–H groups in total. The van der Waals surface area contributed by atoms with Crippen molar-refractivity contribution in [1.82, 2.24) is 0 Å². The van der Waals surface area contributed by atoms with Crippen molar-refractivity contribution in [2.45, 2.75) is 24.8 Å². The van der Waals surface area contributed by atoms with E-state index in [0.29, 0.717) is 11.3 Å². The lowest BCUT2D eigenvalue weighted by Gasteiger charge is -2.14. The Morgan fingerprint density at radius 1 is 1.07 bits per heavy atom. The van der Waals surface area contributed by atoms with Crippen molar-refractivity contribution in [1.29, 1.82) is 0 Å². The molecule has 0 saturated heterocycles. The fourth-order valence-corrected chi connectivity index (χ4v) is 3.23. The van der Waals surface area contributed by atoms with E-state index in [1.807, 2.05) is 0 Å². The first-order chi connectivity index (χ1) is 13.0. The molecular formula is C18H17ClN2O6S. The topological polar surface area (TPSA) is 133 Å². The molecule has 0 aliphatic rings. The lowest BCUT2D eigenvalue weighted by molar-refractivity contribution is -0.123. The van der Waals surface area contributed by atoms with Gasteiger partial charge in [-0.2, -0.15) is 0 Å². The van der Waals surface area contributed by atoms with Crippen molar-refractivity contribution in [3.05, 3.63) is 58.6 Å². The molecule has 0 aromatic heterocycles. The fourth-order valence-electron chi connectivity index (χ4n) is 2.16. The van der Waals surface area contributed by atoms with Gasteiger partial charge in [0.05, 0.1) is 10.6 Å². The van der Waals surface area contributed by atoms with E-state index in [1.54, 1.807) is 24.3 Å². The molecule has 2 aromatic rings. The number of esters is 1. The van der Waals surface area contributed by atoms with E-state index in [4.69, 9.17) is 21.5 Å². The predicted octanol–water partition coefficient (Wildman–Crippen LogP) is 2.37. The number of hydrogen-bond donors (Lipinski definition) is 2. The molecule has 2 rings (SSSR count). The number of Topliss-reactive ketones (excluding diaryl/α,β-unsaturated/α-hetero) is 1. The maximum atomic E-state index is 12.2. The number of amides is 1. The molecule has 2 aromatic carbocycles. The number of hydrogen-bond acceptors (Lipinski definition) is 6. The second-order valence-corrected chi connectivity index (χ2v) is 7.80. The highest BCUT2D eigenvalue weighted by Gasteiger charge is 2.21. The molecule has 0 spiro atoms. The van der Waals surface area contributed by atoms with Gasteiger partial charge in [0.2, 0.25) is 10.0 Å². The zero-order valence-electron chi connectivity index (χ0n) is 14.9. The SMILES string of the molecule is CC(=O)c1ccc(NC(=O)C(C)OC(=O)c2ccc(Cl)c(S(N)(=O)=O)c2)cc1. The van der Waals surface area contributed by atoms with Gasteiger partial charge in [0.25, 0.3) is 5.91 Å². The van der Waals surface area contributed by atoms with Gasteiger partial charge in [-0.25, -0.2) is 18.4 Å². The summed E-state index contributed by atoms with van der Waals surface area (Å²) >= 11 is 5.77. The van der Waals surface area contributed by atoms with Crippen LogP contribution in [0.2, 0.25) is 5.02 Å². The van der Waals surface area contributed by atoms with E-state index in [-0.39, 0.29) is 16.4 Å². The normalized spacial score (nSPS) is 12.1. The number of sulfonamides is 1. The summed E-state index contributed by atoms with van der Waals surface area (Å²) in [6, 6.07) is 9.62. The maximum absolute atomic E-state index is 12.2. The molecule has 0 saturated carbocycles. The maximum Gasteiger partial charge on any atom is 0.338 e. The third-order valence-electron chi connectivity index (χ3n) is 3.69. The van der Waals surface area contributed by atoms with Crippen molar-refractivity contribution in [3.8, 4) is 0 Å². The van der Waals surface area contributed by atoms with Crippen molar-refractivity contribution in [2.24, 2.45) is 5.14 Å². The summed E-state index contributed by atoms with van der Waals surface area (Å²) in [4.78, 5) is 35.2. The number of primary sulfonamides is 1. The number of benzene rings is 2. The molecule has 0 aliphatic heterocycles. The Labute approximate surface area is 166 Å². The van der Waals surface area contributed by atoms with Gasteiger partial charge in [0.1, 0.15) is 4.90 Å². The Morgan fingerprint density at radius 2 is 1.64 bits per heavy atom. The van der Waals surface area contributed by atoms with Gasteiger partial charge in [0, 0.05) is 11.3 Å². The third-order valence-corrected chi connectivity index (χ3v) is 5.08.